The molecule has 0 aliphatic carbocycles. The molecule has 0 aliphatic rings. The Morgan fingerprint density at radius 1 is 1.13 bits per heavy atom. The van der Waals surface area contributed by atoms with Gasteiger partial charge in [0.25, 0.3) is 5.91 Å². The minimum atomic E-state index is -0.588. The maximum atomic E-state index is 12.1. The van der Waals surface area contributed by atoms with Crippen LogP contribution in [0.2, 0.25) is 0 Å². The van der Waals surface area contributed by atoms with Crippen molar-refractivity contribution < 1.29 is 19.1 Å². The molecule has 0 aliphatic heterocycles. The zero-order valence-electron chi connectivity index (χ0n) is 14.0. The molecule has 1 aromatic rings. The average Bonchev–Trinajstić information content (AvgIpc) is 2.44. The Labute approximate surface area is 136 Å². The number of amides is 2. The largest absolute Gasteiger partial charge is 0.460 e. The molecule has 0 N–H and O–H groups in total. The summed E-state index contributed by atoms with van der Waals surface area (Å²) >= 11 is 0. The van der Waals surface area contributed by atoms with Crippen LogP contribution in [0.15, 0.2) is 36.4 Å². The molecule has 23 heavy (non-hydrogen) atoms. The van der Waals surface area contributed by atoms with Crippen molar-refractivity contribution in [3.63, 3.8) is 0 Å². The summed E-state index contributed by atoms with van der Waals surface area (Å²) in [7, 11) is 0. The van der Waals surface area contributed by atoms with Crippen LogP contribution in [0.1, 0.15) is 39.7 Å². The number of ether oxygens (including phenoxy) is 1. The molecule has 0 fully saturated rings. The number of carbonyl (C=O) groups is 3. The third-order valence-electron chi connectivity index (χ3n) is 2.82. The van der Waals surface area contributed by atoms with Gasteiger partial charge in [-0.25, -0.2) is 0 Å². The van der Waals surface area contributed by atoms with E-state index >= 15 is 0 Å². The molecule has 2 amide bonds. The highest BCUT2D eigenvalue weighted by Gasteiger charge is 2.20. The average molecular weight is 317 g/mol. The molecular weight excluding hydrogens is 294 g/mol. The first kappa shape index (κ1) is 18.6. The van der Waals surface area contributed by atoms with Gasteiger partial charge in [0.2, 0.25) is 5.91 Å². The number of hydrogen-bond donors (Lipinski definition) is 0. The van der Waals surface area contributed by atoms with E-state index in [-0.39, 0.29) is 13.0 Å². The first-order valence-corrected chi connectivity index (χ1v) is 7.46. The molecule has 0 spiro atoms. The lowest BCUT2D eigenvalue weighted by atomic mass is 10.2. The van der Waals surface area contributed by atoms with Crippen molar-refractivity contribution in [2.75, 3.05) is 6.54 Å². The summed E-state index contributed by atoms with van der Waals surface area (Å²) < 4.78 is 5.17. The molecule has 0 aromatic heterocycles. The van der Waals surface area contributed by atoms with Gasteiger partial charge in [0, 0.05) is 19.5 Å². The van der Waals surface area contributed by atoms with Gasteiger partial charge in [0.1, 0.15) is 5.60 Å². The third kappa shape index (κ3) is 7.40. The zero-order valence-corrected chi connectivity index (χ0v) is 14.0. The number of carbonyl (C=O) groups excluding carboxylic acids is 3. The van der Waals surface area contributed by atoms with E-state index in [1.807, 2.05) is 30.3 Å². The van der Waals surface area contributed by atoms with E-state index < -0.39 is 23.4 Å². The summed E-state index contributed by atoms with van der Waals surface area (Å²) in [4.78, 5) is 36.5. The Kier molecular flexibility index (Phi) is 6.69. The van der Waals surface area contributed by atoms with E-state index in [1.54, 1.807) is 26.8 Å². The molecule has 1 rings (SSSR count). The Bertz CT molecular complexity index is 585. The highest BCUT2D eigenvalue weighted by molar-refractivity contribution is 6.02. The molecule has 0 heterocycles. The van der Waals surface area contributed by atoms with Gasteiger partial charge in [-0.15, -0.1) is 0 Å². The number of rotatable bonds is 5. The number of benzene rings is 1. The molecule has 1 aromatic carbocycles. The van der Waals surface area contributed by atoms with Crippen molar-refractivity contribution >= 4 is 23.9 Å². The van der Waals surface area contributed by atoms with Gasteiger partial charge in [0.05, 0.1) is 6.42 Å². The van der Waals surface area contributed by atoms with Gasteiger partial charge in [0.15, 0.2) is 0 Å². The molecule has 0 saturated heterocycles. The predicted molar refractivity (Wildman–Crippen MR) is 88.3 cm³/mol. The zero-order chi connectivity index (χ0) is 17.5. The number of hydrogen-bond acceptors (Lipinski definition) is 4. The van der Waals surface area contributed by atoms with E-state index in [2.05, 4.69) is 0 Å². The molecule has 5 nitrogen and oxygen atoms in total. The van der Waals surface area contributed by atoms with E-state index in [9.17, 15) is 14.4 Å². The molecule has 0 atom stereocenters. The van der Waals surface area contributed by atoms with Crippen LogP contribution in [0.5, 0.6) is 0 Å². The van der Waals surface area contributed by atoms with Crippen molar-refractivity contribution in [1.82, 2.24) is 4.90 Å². The van der Waals surface area contributed by atoms with Crippen LogP contribution in [-0.2, 0) is 19.1 Å². The molecule has 5 heteroatoms. The Balaban J connectivity index is 2.64. The van der Waals surface area contributed by atoms with E-state index in [4.69, 9.17) is 4.74 Å². The Morgan fingerprint density at radius 3 is 2.26 bits per heavy atom. The lowest BCUT2D eigenvalue weighted by molar-refractivity contribution is -0.155. The van der Waals surface area contributed by atoms with Crippen LogP contribution in [0, 0.1) is 0 Å². The van der Waals surface area contributed by atoms with E-state index in [0.717, 1.165) is 10.5 Å². The Morgan fingerprint density at radius 2 is 1.74 bits per heavy atom. The van der Waals surface area contributed by atoms with Crippen molar-refractivity contribution in [1.29, 1.82) is 0 Å². The lowest BCUT2D eigenvalue weighted by Gasteiger charge is -2.21. The first-order chi connectivity index (χ1) is 10.7. The summed E-state index contributed by atoms with van der Waals surface area (Å²) in [5.74, 6) is -1.30. The minimum Gasteiger partial charge on any atom is -0.460 e. The number of imide groups is 1. The normalized spacial score (nSPS) is 11.3. The second-order valence-electron chi connectivity index (χ2n) is 6.09. The van der Waals surface area contributed by atoms with Gasteiger partial charge in [-0.1, -0.05) is 30.3 Å². The summed E-state index contributed by atoms with van der Waals surface area (Å²) in [6.07, 6.45) is 2.93. The van der Waals surface area contributed by atoms with Gasteiger partial charge >= 0.3 is 5.97 Å². The topological polar surface area (TPSA) is 63.7 Å². The molecule has 0 saturated carbocycles. The molecule has 0 bridgehead atoms. The van der Waals surface area contributed by atoms with Crippen LogP contribution >= 0.6 is 0 Å². The second kappa shape index (κ2) is 8.27. The quantitative estimate of drug-likeness (QED) is 0.619. The molecule has 0 unspecified atom stereocenters. The van der Waals surface area contributed by atoms with E-state index in [0.29, 0.717) is 0 Å². The molecular formula is C18H23NO4. The van der Waals surface area contributed by atoms with Crippen LogP contribution < -0.4 is 0 Å². The van der Waals surface area contributed by atoms with Crippen LogP contribution in [0.25, 0.3) is 6.08 Å². The minimum absolute atomic E-state index is 0.00219. The summed E-state index contributed by atoms with van der Waals surface area (Å²) in [6, 6.07) is 9.29. The standard InChI is InChI=1S/C18H23NO4/c1-14(20)19(13-12-17(22)23-18(2,3)4)16(21)11-10-15-8-6-5-7-9-15/h5-11H,12-13H2,1-4H3/b11-10+. The summed E-state index contributed by atoms with van der Waals surface area (Å²) in [5, 5.41) is 0. The van der Waals surface area contributed by atoms with Crippen LogP contribution in [-0.4, -0.2) is 34.8 Å². The fourth-order valence-electron chi connectivity index (χ4n) is 1.84. The molecule has 124 valence electrons. The highest BCUT2D eigenvalue weighted by Crippen LogP contribution is 2.09. The van der Waals surface area contributed by atoms with Gasteiger partial charge in [-0.05, 0) is 32.4 Å². The number of esters is 1. The first-order valence-electron chi connectivity index (χ1n) is 7.46. The number of nitrogens with zero attached hydrogens (tertiary/aromatic N) is 1. The van der Waals surface area contributed by atoms with Crippen molar-refractivity contribution in [3.8, 4) is 0 Å². The van der Waals surface area contributed by atoms with Crippen molar-refractivity contribution in [3.05, 3.63) is 42.0 Å². The van der Waals surface area contributed by atoms with Crippen LogP contribution in [0.3, 0.4) is 0 Å². The van der Waals surface area contributed by atoms with Crippen LogP contribution in [0.4, 0.5) is 0 Å². The third-order valence-corrected chi connectivity index (χ3v) is 2.82. The predicted octanol–water partition coefficient (Wildman–Crippen LogP) is 2.81. The maximum Gasteiger partial charge on any atom is 0.308 e. The fraction of sp³-hybridized carbons (Fsp3) is 0.389. The maximum absolute atomic E-state index is 12.1. The second-order valence-corrected chi connectivity index (χ2v) is 6.09. The Hall–Kier alpha value is -2.43. The van der Waals surface area contributed by atoms with Gasteiger partial charge < -0.3 is 4.74 Å². The van der Waals surface area contributed by atoms with Gasteiger partial charge in [-0.2, -0.15) is 0 Å². The molecule has 0 radical (unpaired) electrons. The van der Waals surface area contributed by atoms with E-state index in [1.165, 1.54) is 13.0 Å². The highest BCUT2D eigenvalue weighted by atomic mass is 16.6. The van der Waals surface area contributed by atoms with Gasteiger partial charge in [-0.3, -0.25) is 19.3 Å². The van der Waals surface area contributed by atoms with Crippen molar-refractivity contribution in [2.45, 2.75) is 39.7 Å². The fourth-order valence-corrected chi connectivity index (χ4v) is 1.84. The smallest absolute Gasteiger partial charge is 0.308 e. The van der Waals surface area contributed by atoms with Crippen molar-refractivity contribution in [2.24, 2.45) is 0 Å². The SMILES string of the molecule is CC(=O)N(CCC(=O)OC(C)(C)C)C(=O)/C=C/c1ccccc1. The monoisotopic (exact) mass is 317 g/mol. The lowest BCUT2D eigenvalue weighted by Crippen LogP contribution is -2.36. The summed E-state index contributed by atoms with van der Waals surface area (Å²) in [5.41, 5.74) is 0.270. The summed E-state index contributed by atoms with van der Waals surface area (Å²) in [6.45, 7) is 6.59.